The summed E-state index contributed by atoms with van der Waals surface area (Å²) in [6, 6.07) is -0.814. The Kier molecular flexibility index (Phi) is 6.97. The molecule has 22 heavy (non-hydrogen) atoms. The van der Waals surface area contributed by atoms with Crippen LogP contribution in [0.15, 0.2) is 0 Å². The zero-order chi connectivity index (χ0) is 17.1. The zero-order valence-electron chi connectivity index (χ0n) is 14.3. The first-order valence-corrected chi connectivity index (χ1v) is 10.6. The molecule has 1 rings (SSSR count). The second kappa shape index (κ2) is 7.67. The molecule has 132 valence electrons. The van der Waals surface area contributed by atoms with Gasteiger partial charge in [-0.2, -0.15) is 0 Å². The Morgan fingerprint density at radius 3 is 2.27 bits per heavy atom. The fourth-order valence-corrected chi connectivity index (χ4v) is 2.95. The molecule has 0 aromatic heterocycles. The van der Waals surface area contributed by atoms with E-state index in [4.69, 9.17) is 25.4 Å². The van der Waals surface area contributed by atoms with E-state index >= 15 is 0 Å². The molecule has 2 unspecified atom stereocenters. The monoisotopic (exact) mass is 336 g/mol. The Balaban J connectivity index is 2.68. The van der Waals surface area contributed by atoms with Crippen molar-refractivity contribution in [2.45, 2.75) is 69.5 Å². The molecule has 0 bridgehead atoms. The predicted molar refractivity (Wildman–Crippen MR) is 86.8 cm³/mol. The van der Waals surface area contributed by atoms with Crippen LogP contribution in [0.2, 0.25) is 18.1 Å². The lowest BCUT2D eigenvalue weighted by atomic mass is 9.98. The van der Waals surface area contributed by atoms with E-state index < -0.39 is 39.0 Å². The zero-order valence-corrected chi connectivity index (χ0v) is 15.3. The number of aliphatic hydroxyl groups excluding tert-OH is 2. The molecule has 0 amide bonds. The first-order chi connectivity index (χ1) is 10.0. The van der Waals surface area contributed by atoms with Crippen LogP contribution >= 0.6 is 0 Å². The van der Waals surface area contributed by atoms with Gasteiger partial charge in [0.2, 0.25) is 0 Å². The summed E-state index contributed by atoms with van der Waals surface area (Å²) in [7, 11) is -1.97. The highest BCUT2D eigenvalue weighted by Gasteiger charge is 2.45. The standard InChI is InChI=1S/C14H32N2O5Si/c1-14(2,3)22(4,5)20-8-9-11(17)12(18)10(16)13(21-9)19-7-6-15/h9-13,17-18H,6-8,15-16H2,1-5H3/t9?,10-,11+,12?,13-/m1/s1. The molecule has 1 heterocycles. The van der Waals surface area contributed by atoms with Crippen LogP contribution in [0.1, 0.15) is 20.8 Å². The summed E-state index contributed by atoms with van der Waals surface area (Å²) in [5.74, 6) is 0. The van der Waals surface area contributed by atoms with Crippen LogP contribution in [-0.2, 0) is 13.9 Å². The van der Waals surface area contributed by atoms with Gasteiger partial charge in [-0.25, -0.2) is 0 Å². The Bertz CT molecular complexity index is 351. The Labute approximate surface area is 134 Å². The molecular formula is C14H32N2O5Si. The molecule has 0 radical (unpaired) electrons. The lowest BCUT2D eigenvalue weighted by Gasteiger charge is -2.43. The summed E-state index contributed by atoms with van der Waals surface area (Å²) in [4.78, 5) is 0. The van der Waals surface area contributed by atoms with Gasteiger partial charge in [-0.15, -0.1) is 0 Å². The van der Waals surface area contributed by atoms with Crippen molar-refractivity contribution in [3.8, 4) is 0 Å². The molecule has 0 aromatic rings. The maximum Gasteiger partial charge on any atom is 0.192 e. The van der Waals surface area contributed by atoms with Gasteiger partial charge in [-0.1, -0.05) is 20.8 Å². The third-order valence-corrected chi connectivity index (χ3v) is 9.06. The van der Waals surface area contributed by atoms with Crippen LogP contribution < -0.4 is 11.5 Å². The molecule has 1 saturated heterocycles. The normalized spacial score (nSPS) is 34.0. The number of hydrogen-bond donors (Lipinski definition) is 4. The fourth-order valence-electron chi connectivity index (χ4n) is 1.93. The summed E-state index contributed by atoms with van der Waals surface area (Å²) >= 11 is 0. The van der Waals surface area contributed by atoms with Crippen molar-refractivity contribution < 1.29 is 24.1 Å². The van der Waals surface area contributed by atoms with Gasteiger partial charge in [0.1, 0.15) is 18.3 Å². The highest BCUT2D eigenvalue weighted by molar-refractivity contribution is 6.74. The second-order valence-electron chi connectivity index (χ2n) is 7.33. The molecule has 0 aromatic carbocycles. The van der Waals surface area contributed by atoms with Crippen molar-refractivity contribution in [3.05, 3.63) is 0 Å². The van der Waals surface area contributed by atoms with Crippen molar-refractivity contribution >= 4 is 8.32 Å². The predicted octanol–water partition coefficient (Wildman–Crippen LogP) is -0.242. The molecule has 0 aliphatic carbocycles. The van der Waals surface area contributed by atoms with E-state index in [1.54, 1.807) is 0 Å². The molecule has 8 heteroatoms. The average Bonchev–Trinajstić information content (AvgIpc) is 2.42. The van der Waals surface area contributed by atoms with Crippen molar-refractivity contribution in [3.63, 3.8) is 0 Å². The van der Waals surface area contributed by atoms with Gasteiger partial charge < -0.3 is 35.6 Å². The Hall–Kier alpha value is -0.0631. The fraction of sp³-hybridized carbons (Fsp3) is 1.00. The van der Waals surface area contributed by atoms with Crippen molar-refractivity contribution in [1.82, 2.24) is 0 Å². The van der Waals surface area contributed by atoms with E-state index in [9.17, 15) is 10.2 Å². The van der Waals surface area contributed by atoms with Gasteiger partial charge in [0, 0.05) is 6.54 Å². The number of aliphatic hydroxyl groups is 2. The van der Waals surface area contributed by atoms with Crippen molar-refractivity contribution in [1.29, 1.82) is 0 Å². The smallest absolute Gasteiger partial charge is 0.192 e. The molecule has 1 aliphatic rings. The lowest BCUT2D eigenvalue weighted by molar-refractivity contribution is -0.263. The molecule has 1 aliphatic heterocycles. The van der Waals surface area contributed by atoms with Gasteiger partial charge in [-0.05, 0) is 18.1 Å². The molecular weight excluding hydrogens is 304 g/mol. The van der Waals surface area contributed by atoms with E-state index in [1.807, 2.05) is 0 Å². The van der Waals surface area contributed by atoms with E-state index in [0.717, 1.165) is 0 Å². The van der Waals surface area contributed by atoms with Crippen LogP contribution in [0.5, 0.6) is 0 Å². The topological polar surface area (TPSA) is 120 Å². The third-order valence-electron chi connectivity index (χ3n) is 4.56. The summed E-state index contributed by atoms with van der Waals surface area (Å²) in [6.45, 7) is 11.4. The number of ether oxygens (including phenoxy) is 2. The van der Waals surface area contributed by atoms with Crippen LogP contribution in [-0.4, -0.2) is 68.9 Å². The molecule has 1 fully saturated rings. The Morgan fingerprint density at radius 2 is 1.77 bits per heavy atom. The summed E-state index contributed by atoms with van der Waals surface area (Å²) < 4.78 is 17.1. The van der Waals surface area contributed by atoms with E-state index in [-0.39, 0.29) is 18.3 Å². The quantitative estimate of drug-likeness (QED) is 0.494. The van der Waals surface area contributed by atoms with Crippen LogP contribution in [0, 0.1) is 0 Å². The minimum Gasteiger partial charge on any atom is -0.414 e. The first kappa shape index (κ1) is 20.0. The van der Waals surface area contributed by atoms with E-state index in [0.29, 0.717) is 6.54 Å². The van der Waals surface area contributed by atoms with Crippen molar-refractivity contribution in [2.75, 3.05) is 19.8 Å². The average molecular weight is 337 g/mol. The van der Waals surface area contributed by atoms with Crippen LogP contribution in [0.3, 0.4) is 0 Å². The van der Waals surface area contributed by atoms with E-state index in [2.05, 4.69) is 33.9 Å². The summed E-state index contributed by atoms with van der Waals surface area (Å²) in [5.41, 5.74) is 11.2. The lowest BCUT2D eigenvalue weighted by Crippen LogP contribution is -2.63. The number of hydrogen-bond acceptors (Lipinski definition) is 7. The SMILES string of the molecule is CC(C)(C)[Si](C)(C)OCC1O[C@@H](OCCN)[C@H](N)C(O)[C@H]1O. The van der Waals surface area contributed by atoms with Gasteiger partial charge >= 0.3 is 0 Å². The maximum absolute atomic E-state index is 10.2. The van der Waals surface area contributed by atoms with Gasteiger partial charge in [-0.3, -0.25) is 0 Å². The summed E-state index contributed by atoms with van der Waals surface area (Å²) in [5, 5.41) is 20.3. The van der Waals surface area contributed by atoms with Crippen LogP contribution in [0.4, 0.5) is 0 Å². The third kappa shape index (κ3) is 4.72. The molecule has 0 spiro atoms. The first-order valence-electron chi connectivity index (χ1n) is 7.74. The van der Waals surface area contributed by atoms with Crippen LogP contribution in [0.25, 0.3) is 0 Å². The highest BCUT2D eigenvalue weighted by Crippen LogP contribution is 2.37. The molecule has 0 saturated carbocycles. The maximum atomic E-state index is 10.2. The van der Waals surface area contributed by atoms with E-state index in [1.165, 1.54) is 0 Å². The van der Waals surface area contributed by atoms with Gasteiger partial charge in [0.25, 0.3) is 0 Å². The minimum absolute atomic E-state index is 0.0527. The number of nitrogens with two attached hydrogens (primary N) is 2. The minimum atomic E-state index is -1.97. The van der Waals surface area contributed by atoms with Gasteiger partial charge in [0.15, 0.2) is 14.6 Å². The Morgan fingerprint density at radius 1 is 1.18 bits per heavy atom. The molecule has 6 N–H and O–H groups in total. The van der Waals surface area contributed by atoms with Gasteiger partial charge in [0.05, 0.1) is 19.3 Å². The highest BCUT2D eigenvalue weighted by atomic mass is 28.4. The van der Waals surface area contributed by atoms with Crippen molar-refractivity contribution in [2.24, 2.45) is 11.5 Å². The number of rotatable bonds is 6. The second-order valence-corrected chi connectivity index (χ2v) is 12.1. The molecule has 7 nitrogen and oxygen atoms in total. The summed E-state index contributed by atoms with van der Waals surface area (Å²) in [6.07, 6.45) is -3.69. The largest absolute Gasteiger partial charge is 0.414 e. The molecule has 5 atom stereocenters.